The molecule has 2 heterocycles. The summed E-state index contributed by atoms with van der Waals surface area (Å²) in [4.78, 5) is 11.0. The fourth-order valence-electron chi connectivity index (χ4n) is 1.46. The molecule has 2 rings (SSSR count). The van der Waals surface area contributed by atoms with Gasteiger partial charge in [-0.05, 0) is 18.5 Å². The molecule has 0 atom stereocenters. The van der Waals surface area contributed by atoms with E-state index in [4.69, 9.17) is 0 Å². The first-order valence-electron chi connectivity index (χ1n) is 3.58. The predicted octanol–water partition coefficient (Wildman–Crippen LogP) is -0.594. The summed E-state index contributed by atoms with van der Waals surface area (Å²) in [6.45, 7) is 2.57. The van der Waals surface area contributed by atoms with E-state index >= 15 is 0 Å². The molecule has 10 heavy (non-hydrogen) atoms. The normalized spacial score (nSPS) is 24.6. The molecule has 0 aromatic carbocycles. The van der Waals surface area contributed by atoms with Crippen molar-refractivity contribution in [1.29, 1.82) is 0 Å². The van der Waals surface area contributed by atoms with Crippen molar-refractivity contribution in [1.82, 2.24) is 10.6 Å². The monoisotopic (exact) mass is 138 g/mol. The molecule has 0 fully saturated rings. The van der Waals surface area contributed by atoms with Gasteiger partial charge in [0.25, 0.3) is 0 Å². The van der Waals surface area contributed by atoms with Crippen LogP contribution in [-0.4, -0.2) is 25.5 Å². The van der Waals surface area contributed by atoms with E-state index in [2.05, 4.69) is 10.6 Å². The molecule has 2 N–H and O–H groups in total. The Morgan fingerprint density at radius 1 is 1.30 bits per heavy atom. The van der Waals surface area contributed by atoms with Crippen LogP contribution >= 0.6 is 0 Å². The lowest BCUT2D eigenvalue weighted by Gasteiger charge is -2.12. The molecule has 0 aliphatic carbocycles. The summed E-state index contributed by atoms with van der Waals surface area (Å²) in [5.74, 6) is 0.127. The maximum Gasteiger partial charge on any atom is 0.248 e. The maximum absolute atomic E-state index is 11.0. The van der Waals surface area contributed by atoms with Gasteiger partial charge in [-0.15, -0.1) is 0 Å². The molecular weight excluding hydrogens is 128 g/mol. The molecule has 2 aliphatic heterocycles. The lowest BCUT2D eigenvalue weighted by molar-refractivity contribution is -0.116. The number of carbonyl (C=O) groups excluding carboxylic acids is 1. The second-order valence-electron chi connectivity index (χ2n) is 2.69. The van der Waals surface area contributed by atoms with Crippen LogP contribution in [0, 0.1) is 0 Å². The number of rotatable bonds is 0. The highest BCUT2D eigenvalue weighted by atomic mass is 16.1. The molecule has 0 spiro atoms. The van der Waals surface area contributed by atoms with Crippen LogP contribution in [0.5, 0.6) is 0 Å². The fourth-order valence-corrected chi connectivity index (χ4v) is 1.46. The molecule has 0 aromatic heterocycles. The molecule has 3 heteroatoms. The number of amides is 1. The molecule has 54 valence electrons. The van der Waals surface area contributed by atoms with Gasteiger partial charge in [0.1, 0.15) is 0 Å². The van der Waals surface area contributed by atoms with Gasteiger partial charge >= 0.3 is 0 Å². The third kappa shape index (κ3) is 0.743. The smallest absolute Gasteiger partial charge is 0.248 e. The van der Waals surface area contributed by atoms with E-state index in [1.165, 1.54) is 5.57 Å². The number of hydrogen-bond donors (Lipinski definition) is 2. The van der Waals surface area contributed by atoms with Crippen molar-refractivity contribution in [3.63, 3.8) is 0 Å². The summed E-state index contributed by atoms with van der Waals surface area (Å²) >= 11 is 0. The Morgan fingerprint density at radius 3 is 3.00 bits per heavy atom. The minimum absolute atomic E-state index is 0.127. The maximum atomic E-state index is 11.0. The number of nitrogens with one attached hydrogen (secondary N) is 2. The molecule has 0 unspecified atom stereocenters. The van der Waals surface area contributed by atoms with Gasteiger partial charge in [0.05, 0.1) is 0 Å². The lowest BCUT2D eigenvalue weighted by atomic mass is 10.0. The highest BCUT2D eigenvalue weighted by molar-refractivity contribution is 5.97. The minimum atomic E-state index is 0.127. The Bertz CT molecular complexity index is 208. The quantitative estimate of drug-likeness (QED) is 0.469. The molecule has 2 aliphatic rings. The molecule has 0 saturated heterocycles. The van der Waals surface area contributed by atoms with Gasteiger partial charge in [-0.25, -0.2) is 0 Å². The highest BCUT2D eigenvalue weighted by Gasteiger charge is 2.23. The van der Waals surface area contributed by atoms with Crippen molar-refractivity contribution in [3.05, 3.63) is 11.1 Å². The summed E-state index contributed by atoms with van der Waals surface area (Å²) in [5.41, 5.74) is 2.29. The molecule has 0 saturated carbocycles. The van der Waals surface area contributed by atoms with E-state index in [0.717, 1.165) is 31.6 Å². The zero-order valence-corrected chi connectivity index (χ0v) is 5.74. The van der Waals surface area contributed by atoms with Crippen LogP contribution in [0.25, 0.3) is 0 Å². The summed E-state index contributed by atoms with van der Waals surface area (Å²) in [5, 5.41) is 5.98. The predicted molar refractivity (Wildman–Crippen MR) is 37.5 cm³/mol. The van der Waals surface area contributed by atoms with E-state index in [-0.39, 0.29) is 5.91 Å². The standard InChI is InChI=1S/C7H10N2O/c10-7-6-4-8-2-1-5(6)3-9-7/h8H,1-4H2,(H,9,10). The summed E-state index contributed by atoms with van der Waals surface area (Å²) < 4.78 is 0. The Morgan fingerprint density at radius 2 is 2.20 bits per heavy atom. The van der Waals surface area contributed by atoms with Gasteiger partial charge in [0.2, 0.25) is 5.91 Å². The largest absolute Gasteiger partial charge is 0.349 e. The summed E-state index contributed by atoms with van der Waals surface area (Å²) in [7, 11) is 0. The van der Waals surface area contributed by atoms with Crippen molar-refractivity contribution in [3.8, 4) is 0 Å². The minimum Gasteiger partial charge on any atom is -0.349 e. The third-order valence-electron chi connectivity index (χ3n) is 2.07. The van der Waals surface area contributed by atoms with Gasteiger partial charge in [-0.1, -0.05) is 0 Å². The first-order chi connectivity index (χ1) is 4.88. The first kappa shape index (κ1) is 5.92. The van der Waals surface area contributed by atoms with Crippen LogP contribution in [0.15, 0.2) is 11.1 Å². The second-order valence-corrected chi connectivity index (χ2v) is 2.69. The molecule has 0 radical (unpaired) electrons. The van der Waals surface area contributed by atoms with Gasteiger partial charge < -0.3 is 10.6 Å². The zero-order valence-electron chi connectivity index (χ0n) is 5.74. The van der Waals surface area contributed by atoms with Gasteiger partial charge in [-0.3, -0.25) is 4.79 Å². The van der Waals surface area contributed by atoms with Crippen molar-refractivity contribution < 1.29 is 4.79 Å². The SMILES string of the molecule is O=C1NCC2=C1CNCC2. The summed E-state index contributed by atoms with van der Waals surface area (Å²) in [6, 6.07) is 0. The van der Waals surface area contributed by atoms with Crippen LogP contribution in [0.3, 0.4) is 0 Å². The van der Waals surface area contributed by atoms with Crippen molar-refractivity contribution in [2.45, 2.75) is 6.42 Å². The number of carbonyl (C=O) groups is 1. The first-order valence-corrected chi connectivity index (χ1v) is 3.58. The fraction of sp³-hybridized carbons (Fsp3) is 0.571. The zero-order chi connectivity index (χ0) is 6.97. The molecule has 3 nitrogen and oxygen atoms in total. The molecule has 0 bridgehead atoms. The average Bonchev–Trinajstić information content (AvgIpc) is 2.34. The topological polar surface area (TPSA) is 41.1 Å². The van der Waals surface area contributed by atoms with E-state index in [0.29, 0.717) is 0 Å². The Labute approximate surface area is 59.5 Å². The molecule has 1 amide bonds. The number of hydrogen-bond acceptors (Lipinski definition) is 2. The van der Waals surface area contributed by atoms with Crippen molar-refractivity contribution in [2.75, 3.05) is 19.6 Å². The average molecular weight is 138 g/mol. The van der Waals surface area contributed by atoms with Crippen LogP contribution in [0.2, 0.25) is 0 Å². The van der Waals surface area contributed by atoms with Gasteiger partial charge in [0.15, 0.2) is 0 Å². The van der Waals surface area contributed by atoms with Crippen LogP contribution in [0.1, 0.15) is 6.42 Å². The Kier molecular flexibility index (Phi) is 1.24. The van der Waals surface area contributed by atoms with Crippen molar-refractivity contribution >= 4 is 5.91 Å². The van der Waals surface area contributed by atoms with E-state index in [9.17, 15) is 4.79 Å². The third-order valence-corrected chi connectivity index (χ3v) is 2.07. The second kappa shape index (κ2) is 2.09. The van der Waals surface area contributed by atoms with Crippen LogP contribution < -0.4 is 10.6 Å². The van der Waals surface area contributed by atoms with Gasteiger partial charge in [0, 0.05) is 18.7 Å². The molecule has 0 aromatic rings. The summed E-state index contributed by atoms with van der Waals surface area (Å²) in [6.07, 6.45) is 1.04. The Hall–Kier alpha value is -0.830. The highest BCUT2D eigenvalue weighted by Crippen LogP contribution is 2.16. The van der Waals surface area contributed by atoms with E-state index in [1.54, 1.807) is 0 Å². The van der Waals surface area contributed by atoms with Crippen LogP contribution in [0.4, 0.5) is 0 Å². The van der Waals surface area contributed by atoms with E-state index in [1.807, 2.05) is 0 Å². The Balaban J connectivity index is 2.29. The van der Waals surface area contributed by atoms with Gasteiger partial charge in [-0.2, -0.15) is 0 Å². The molecular formula is C7H10N2O. The van der Waals surface area contributed by atoms with E-state index < -0.39 is 0 Å². The lowest BCUT2D eigenvalue weighted by Crippen LogP contribution is -2.27. The van der Waals surface area contributed by atoms with Crippen molar-refractivity contribution in [2.24, 2.45) is 0 Å². The van der Waals surface area contributed by atoms with Crippen LogP contribution in [-0.2, 0) is 4.79 Å².